The molecule has 3 rings (SSSR count). The lowest BCUT2D eigenvalue weighted by Gasteiger charge is -2.39. The molecule has 124 valence electrons. The number of nitrogens with zero attached hydrogens (tertiary/aromatic N) is 3. The van der Waals surface area contributed by atoms with E-state index < -0.39 is 0 Å². The highest BCUT2D eigenvalue weighted by molar-refractivity contribution is 7.08. The minimum atomic E-state index is -0.0692. The van der Waals surface area contributed by atoms with Crippen LogP contribution in [0.3, 0.4) is 0 Å². The van der Waals surface area contributed by atoms with E-state index in [2.05, 4.69) is 17.1 Å². The fraction of sp³-hybridized carbons (Fsp3) is 0.562. The number of aromatic nitrogens is 2. The number of carbonyl (C=O) groups excluding carboxylic acids is 1. The van der Waals surface area contributed by atoms with Crippen LogP contribution in [0.1, 0.15) is 32.1 Å². The molecule has 0 saturated carbocycles. The molecule has 1 saturated heterocycles. The van der Waals surface area contributed by atoms with Gasteiger partial charge in [0.1, 0.15) is 0 Å². The monoisotopic (exact) mass is 335 g/mol. The highest BCUT2D eigenvalue weighted by Crippen LogP contribution is 2.24. The Balaban J connectivity index is 1.58. The second-order valence-electron chi connectivity index (χ2n) is 5.98. The Morgan fingerprint density at radius 2 is 2.43 bits per heavy atom. The lowest BCUT2D eigenvalue weighted by atomic mass is 9.91. The number of amides is 1. The van der Waals surface area contributed by atoms with E-state index >= 15 is 0 Å². The molecule has 2 aromatic heterocycles. The molecule has 0 bridgehead atoms. The lowest BCUT2D eigenvalue weighted by Crippen LogP contribution is -2.49. The predicted octanol–water partition coefficient (Wildman–Crippen LogP) is 2.35. The molecule has 3 heterocycles. The van der Waals surface area contributed by atoms with Crippen molar-refractivity contribution in [1.29, 1.82) is 0 Å². The summed E-state index contributed by atoms with van der Waals surface area (Å²) in [5, 5.41) is 17.4. The Bertz CT molecular complexity index is 641. The SMILES string of the molecule is CC1CCCN(C(=O)CCc2nc(-c3ccsc3)no2)C1CO. The van der Waals surface area contributed by atoms with E-state index in [9.17, 15) is 9.90 Å². The van der Waals surface area contributed by atoms with Crippen molar-refractivity contribution in [2.75, 3.05) is 13.2 Å². The van der Waals surface area contributed by atoms with Crippen LogP contribution in [0, 0.1) is 5.92 Å². The molecule has 1 amide bonds. The number of rotatable bonds is 5. The second-order valence-corrected chi connectivity index (χ2v) is 6.76. The van der Waals surface area contributed by atoms with Crippen LogP contribution in [0.2, 0.25) is 0 Å². The Morgan fingerprint density at radius 1 is 1.57 bits per heavy atom. The van der Waals surface area contributed by atoms with Gasteiger partial charge in [0.2, 0.25) is 17.6 Å². The van der Waals surface area contributed by atoms with Gasteiger partial charge in [0, 0.05) is 30.3 Å². The molecule has 2 unspecified atom stereocenters. The molecule has 0 radical (unpaired) electrons. The minimum Gasteiger partial charge on any atom is -0.394 e. The average Bonchev–Trinajstić information content (AvgIpc) is 3.23. The molecule has 0 aliphatic carbocycles. The summed E-state index contributed by atoms with van der Waals surface area (Å²) >= 11 is 1.58. The fourth-order valence-corrected chi connectivity index (χ4v) is 3.69. The van der Waals surface area contributed by atoms with Crippen molar-refractivity contribution in [3.63, 3.8) is 0 Å². The Morgan fingerprint density at radius 3 is 3.17 bits per heavy atom. The van der Waals surface area contributed by atoms with Gasteiger partial charge in [-0.05, 0) is 30.2 Å². The Kier molecular flexibility index (Phi) is 5.07. The first-order valence-electron chi connectivity index (χ1n) is 7.94. The molecule has 1 aliphatic heterocycles. The van der Waals surface area contributed by atoms with Crippen LogP contribution < -0.4 is 0 Å². The maximum atomic E-state index is 12.4. The maximum Gasteiger partial charge on any atom is 0.227 e. The van der Waals surface area contributed by atoms with E-state index in [-0.39, 0.29) is 18.6 Å². The van der Waals surface area contributed by atoms with Crippen molar-refractivity contribution < 1.29 is 14.4 Å². The van der Waals surface area contributed by atoms with Crippen molar-refractivity contribution in [1.82, 2.24) is 15.0 Å². The summed E-state index contributed by atoms with van der Waals surface area (Å²) in [6, 6.07) is 1.87. The number of aryl methyl sites for hydroxylation is 1. The predicted molar refractivity (Wildman–Crippen MR) is 86.9 cm³/mol. The van der Waals surface area contributed by atoms with E-state index in [1.54, 1.807) is 11.3 Å². The number of carbonyl (C=O) groups is 1. The number of aliphatic hydroxyl groups is 1. The van der Waals surface area contributed by atoms with Crippen LogP contribution in [0.4, 0.5) is 0 Å². The standard InChI is InChI=1S/C16H21N3O3S/c1-11-3-2-7-19(13(11)9-20)15(21)5-4-14-17-16(18-22-14)12-6-8-23-10-12/h6,8,10-11,13,20H,2-5,7,9H2,1H3. The van der Waals surface area contributed by atoms with E-state index in [1.807, 2.05) is 21.7 Å². The number of aliphatic hydroxyl groups excluding tert-OH is 1. The van der Waals surface area contributed by atoms with Gasteiger partial charge in [-0.1, -0.05) is 12.1 Å². The lowest BCUT2D eigenvalue weighted by molar-refractivity contribution is -0.137. The van der Waals surface area contributed by atoms with Crippen molar-refractivity contribution in [3.8, 4) is 11.4 Å². The number of piperidine rings is 1. The third kappa shape index (κ3) is 3.61. The molecular weight excluding hydrogens is 314 g/mol. The summed E-state index contributed by atoms with van der Waals surface area (Å²) < 4.78 is 5.22. The summed E-state index contributed by atoms with van der Waals surface area (Å²) in [6.07, 6.45) is 2.81. The summed E-state index contributed by atoms with van der Waals surface area (Å²) in [5.41, 5.74) is 0.932. The quantitative estimate of drug-likeness (QED) is 0.907. The first-order valence-corrected chi connectivity index (χ1v) is 8.89. The largest absolute Gasteiger partial charge is 0.394 e. The molecule has 1 N–H and O–H groups in total. The maximum absolute atomic E-state index is 12.4. The molecule has 6 nitrogen and oxygen atoms in total. The topological polar surface area (TPSA) is 79.5 Å². The zero-order chi connectivity index (χ0) is 16.2. The molecule has 0 spiro atoms. The molecule has 1 aliphatic rings. The number of hydrogen-bond donors (Lipinski definition) is 1. The molecule has 23 heavy (non-hydrogen) atoms. The molecular formula is C16H21N3O3S. The van der Waals surface area contributed by atoms with E-state index in [0.717, 1.165) is 24.9 Å². The van der Waals surface area contributed by atoms with Crippen molar-refractivity contribution in [2.45, 2.75) is 38.6 Å². The smallest absolute Gasteiger partial charge is 0.227 e. The van der Waals surface area contributed by atoms with Gasteiger partial charge in [-0.15, -0.1) is 0 Å². The van der Waals surface area contributed by atoms with Gasteiger partial charge in [0.05, 0.1) is 12.6 Å². The highest BCUT2D eigenvalue weighted by atomic mass is 32.1. The third-order valence-electron chi connectivity index (χ3n) is 4.42. The van der Waals surface area contributed by atoms with E-state index in [0.29, 0.717) is 30.5 Å². The van der Waals surface area contributed by atoms with Gasteiger partial charge < -0.3 is 14.5 Å². The van der Waals surface area contributed by atoms with Crippen LogP contribution in [0.5, 0.6) is 0 Å². The van der Waals surface area contributed by atoms with Crippen LogP contribution in [-0.2, 0) is 11.2 Å². The molecule has 2 aromatic rings. The first-order chi connectivity index (χ1) is 11.2. The van der Waals surface area contributed by atoms with Crippen LogP contribution in [0.25, 0.3) is 11.4 Å². The molecule has 0 aromatic carbocycles. The van der Waals surface area contributed by atoms with Crippen molar-refractivity contribution >= 4 is 17.2 Å². The Labute approximate surface area is 139 Å². The molecule has 7 heteroatoms. The second kappa shape index (κ2) is 7.23. The number of thiophene rings is 1. The van der Waals surface area contributed by atoms with Gasteiger partial charge in [0.15, 0.2) is 0 Å². The molecule has 2 atom stereocenters. The summed E-state index contributed by atoms with van der Waals surface area (Å²) in [7, 11) is 0. The number of hydrogen-bond acceptors (Lipinski definition) is 6. The van der Waals surface area contributed by atoms with E-state index in [1.165, 1.54) is 0 Å². The van der Waals surface area contributed by atoms with Gasteiger partial charge in [-0.3, -0.25) is 4.79 Å². The summed E-state index contributed by atoms with van der Waals surface area (Å²) in [4.78, 5) is 18.6. The first kappa shape index (κ1) is 16.1. The average molecular weight is 335 g/mol. The Hall–Kier alpha value is -1.73. The van der Waals surface area contributed by atoms with Gasteiger partial charge >= 0.3 is 0 Å². The van der Waals surface area contributed by atoms with Crippen LogP contribution in [-0.4, -0.2) is 45.2 Å². The molecule has 1 fully saturated rings. The van der Waals surface area contributed by atoms with Crippen molar-refractivity contribution in [3.05, 3.63) is 22.7 Å². The normalized spacial score (nSPS) is 21.6. The minimum absolute atomic E-state index is 0.0236. The van der Waals surface area contributed by atoms with Gasteiger partial charge in [0.25, 0.3) is 0 Å². The van der Waals surface area contributed by atoms with E-state index in [4.69, 9.17) is 4.52 Å². The fourth-order valence-electron chi connectivity index (χ4n) is 3.06. The van der Waals surface area contributed by atoms with Gasteiger partial charge in [-0.25, -0.2) is 0 Å². The third-order valence-corrected chi connectivity index (χ3v) is 5.11. The summed E-state index contributed by atoms with van der Waals surface area (Å²) in [5.74, 6) is 1.43. The summed E-state index contributed by atoms with van der Waals surface area (Å²) in [6.45, 7) is 2.83. The van der Waals surface area contributed by atoms with Crippen LogP contribution >= 0.6 is 11.3 Å². The zero-order valence-corrected chi connectivity index (χ0v) is 14.0. The van der Waals surface area contributed by atoms with Crippen LogP contribution in [0.15, 0.2) is 21.3 Å². The van der Waals surface area contributed by atoms with Crippen molar-refractivity contribution in [2.24, 2.45) is 5.92 Å². The van der Waals surface area contributed by atoms with Gasteiger partial charge in [-0.2, -0.15) is 16.3 Å². The number of likely N-dealkylation sites (tertiary alicyclic amines) is 1. The zero-order valence-electron chi connectivity index (χ0n) is 13.1. The highest BCUT2D eigenvalue weighted by Gasteiger charge is 2.31.